The van der Waals surface area contributed by atoms with Gasteiger partial charge in [0.15, 0.2) is 0 Å². The predicted molar refractivity (Wildman–Crippen MR) is 86.3 cm³/mol. The lowest BCUT2D eigenvalue weighted by Crippen LogP contribution is -2.31. The van der Waals surface area contributed by atoms with E-state index in [4.69, 9.17) is 0 Å². The Kier molecular flexibility index (Phi) is 4.51. The van der Waals surface area contributed by atoms with Crippen molar-refractivity contribution in [2.24, 2.45) is 0 Å². The van der Waals surface area contributed by atoms with Crippen molar-refractivity contribution < 1.29 is 4.79 Å². The number of amides is 1. The van der Waals surface area contributed by atoms with Gasteiger partial charge < -0.3 is 10.6 Å². The van der Waals surface area contributed by atoms with Crippen LogP contribution in [0.15, 0.2) is 42.5 Å². The lowest BCUT2D eigenvalue weighted by Gasteiger charge is -2.11. The smallest absolute Gasteiger partial charge is 0.224 e. The second-order valence-electron chi connectivity index (χ2n) is 5.75. The Hall–Kier alpha value is -1.87. The molecule has 0 bridgehead atoms. The molecule has 0 aromatic heterocycles. The molecule has 2 N–H and O–H groups in total. The second kappa shape index (κ2) is 6.72. The zero-order valence-electron chi connectivity index (χ0n) is 12.3. The van der Waals surface area contributed by atoms with Gasteiger partial charge in [-0.05, 0) is 42.1 Å². The van der Waals surface area contributed by atoms with Gasteiger partial charge in [0.2, 0.25) is 5.91 Å². The lowest BCUT2D eigenvalue weighted by atomic mass is 10.0. The molecule has 0 saturated carbocycles. The summed E-state index contributed by atoms with van der Waals surface area (Å²) >= 11 is 0. The Bertz CT molecular complexity index is 612. The van der Waals surface area contributed by atoms with E-state index in [1.807, 2.05) is 24.3 Å². The first-order valence-electron chi connectivity index (χ1n) is 7.79. The molecule has 0 radical (unpaired) electrons. The summed E-state index contributed by atoms with van der Waals surface area (Å²) in [5.41, 5.74) is 1.10. The van der Waals surface area contributed by atoms with Gasteiger partial charge in [-0.15, -0.1) is 0 Å². The molecule has 1 heterocycles. The van der Waals surface area contributed by atoms with E-state index in [0.717, 1.165) is 25.1 Å². The SMILES string of the molecule is O=C(Cc1cccc2ccccc12)NCCC1CCCN1. The highest BCUT2D eigenvalue weighted by Gasteiger charge is 2.13. The van der Waals surface area contributed by atoms with E-state index < -0.39 is 0 Å². The predicted octanol–water partition coefficient (Wildman–Crippen LogP) is 2.64. The van der Waals surface area contributed by atoms with Crippen LogP contribution in [0.5, 0.6) is 0 Å². The summed E-state index contributed by atoms with van der Waals surface area (Å²) in [7, 11) is 0. The van der Waals surface area contributed by atoms with Crippen LogP contribution in [0.3, 0.4) is 0 Å². The number of carbonyl (C=O) groups excluding carboxylic acids is 1. The number of carbonyl (C=O) groups is 1. The monoisotopic (exact) mass is 282 g/mol. The Morgan fingerprint density at radius 2 is 2.05 bits per heavy atom. The maximum absolute atomic E-state index is 12.1. The van der Waals surface area contributed by atoms with Crippen LogP contribution >= 0.6 is 0 Å². The normalized spacial score (nSPS) is 18.0. The summed E-state index contributed by atoms with van der Waals surface area (Å²) in [5, 5.41) is 8.86. The van der Waals surface area contributed by atoms with Crippen LogP contribution in [-0.4, -0.2) is 25.0 Å². The van der Waals surface area contributed by atoms with Crippen molar-refractivity contribution in [1.82, 2.24) is 10.6 Å². The zero-order valence-corrected chi connectivity index (χ0v) is 12.3. The fourth-order valence-corrected chi connectivity index (χ4v) is 3.07. The quantitative estimate of drug-likeness (QED) is 0.885. The minimum absolute atomic E-state index is 0.115. The van der Waals surface area contributed by atoms with Crippen LogP contribution in [0.25, 0.3) is 10.8 Å². The van der Waals surface area contributed by atoms with Crippen LogP contribution in [0.2, 0.25) is 0 Å². The first-order valence-corrected chi connectivity index (χ1v) is 7.79. The third-order valence-corrected chi connectivity index (χ3v) is 4.21. The largest absolute Gasteiger partial charge is 0.356 e. The summed E-state index contributed by atoms with van der Waals surface area (Å²) < 4.78 is 0. The molecule has 1 aliphatic rings. The van der Waals surface area contributed by atoms with E-state index in [1.165, 1.54) is 23.6 Å². The standard InChI is InChI=1S/C18H22N2O/c21-18(20-12-10-16-8-4-11-19-16)13-15-7-3-6-14-5-1-2-9-17(14)15/h1-3,5-7,9,16,19H,4,8,10-13H2,(H,20,21). The summed E-state index contributed by atoms with van der Waals surface area (Å²) in [6.45, 7) is 1.88. The van der Waals surface area contributed by atoms with Crippen LogP contribution < -0.4 is 10.6 Å². The van der Waals surface area contributed by atoms with Crippen LogP contribution in [0.4, 0.5) is 0 Å². The molecule has 0 aliphatic carbocycles. The number of rotatable bonds is 5. The van der Waals surface area contributed by atoms with Crippen LogP contribution in [0, 0.1) is 0 Å². The third-order valence-electron chi connectivity index (χ3n) is 4.21. The second-order valence-corrected chi connectivity index (χ2v) is 5.75. The first-order chi connectivity index (χ1) is 10.3. The van der Waals surface area contributed by atoms with Gasteiger partial charge in [0.05, 0.1) is 6.42 Å². The van der Waals surface area contributed by atoms with Gasteiger partial charge in [-0.3, -0.25) is 4.79 Å². The summed E-state index contributed by atoms with van der Waals surface area (Å²) in [6.07, 6.45) is 3.98. The van der Waals surface area contributed by atoms with Crippen molar-refractivity contribution in [2.75, 3.05) is 13.1 Å². The van der Waals surface area contributed by atoms with Crippen molar-refractivity contribution >= 4 is 16.7 Å². The molecule has 21 heavy (non-hydrogen) atoms. The molecule has 1 unspecified atom stereocenters. The molecule has 1 fully saturated rings. The summed E-state index contributed by atoms with van der Waals surface area (Å²) in [6, 6.07) is 15.0. The van der Waals surface area contributed by atoms with E-state index >= 15 is 0 Å². The Balaban J connectivity index is 1.56. The van der Waals surface area contributed by atoms with Gasteiger partial charge >= 0.3 is 0 Å². The van der Waals surface area contributed by atoms with Gasteiger partial charge in [-0.2, -0.15) is 0 Å². The minimum Gasteiger partial charge on any atom is -0.356 e. The molecule has 0 spiro atoms. The fraction of sp³-hybridized carbons (Fsp3) is 0.389. The molecule has 2 aromatic carbocycles. The van der Waals surface area contributed by atoms with Gasteiger partial charge in [0, 0.05) is 12.6 Å². The van der Waals surface area contributed by atoms with Crippen molar-refractivity contribution in [3.8, 4) is 0 Å². The average molecular weight is 282 g/mol. The van der Waals surface area contributed by atoms with Crippen LogP contribution in [0.1, 0.15) is 24.8 Å². The van der Waals surface area contributed by atoms with E-state index in [1.54, 1.807) is 0 Å². The van der Waals surface area contributed by atoms with Gasteiger partial charge in [0.1, 0.15) is 0 Å². The molecular weight excluding hydrogens is 260 g/mol. The van der Waals surface area contributed by atoms with Crippen molar-refractivity contribution in [1.29, 1.82) is 0 Å². The molecule has 3 rings (SSSR count). The maximum atomic E-state index is 12.1. The van der Waals surface area contributed by atoms with Crippen LogP contribution in [-0.2, 0) is 11.2 Å². The third kappa shape index (κ3) is 3.61. The van der Waals surface area contributed by atoms with Gasteiger partial charge in [-0.25, -0.2) is 0 Å². The number of hydrogen-bond acceptors (Lipinski definition) is 2. The lowest BCUT2D eigenvalue weighted by molar-refractivity contribution is -0.120. The topological polar surface area (TPSA) is 41.1 Å². The molecular formula is C18H22N2O. The summed E-state index contributed by atoms with van der Waals surface area (Å²) in [4.78, 5) is 12.1. The number of benzene rings is 2. The Morgan fingerprint density at radius 3 is 2.90 bits per heavy atom. The van der Waals surface area contributed by atoms with Crippen molar-refractivity contribution in [3.05, 3.63) is 48.0 Å². The van der Waals surface area contributed by atoms with E-state index in [2.05, 4.69) is 28.8 Å². The number of fused-ring (bicyclic) bond motifs is 1. The van der Waals surface area contributed by atoms with E-state index in [0.29, 0.717) is 12.5 Å². The maximum Gasteiger partial charge on any atom is 0.224 e. The molecule has 3 heteroatoms. The molecule has 1 amide bonds. The highest BCUT2D eigenvalue weighted by atomic mass is 16.1. The molecule has 1 atom stereocenters. The van der Waals surface area contributed by atoms with Gasteiger partial charge in [-0.1, -0.05) is 42.5 Å². The fourth-order valence-electron chi connectivity index (χ4n) is 3.07. The highest BCUT2D eigenvalue weighted by Crippen LogP contribution is 2.18. The first kappa shape index (κ1) is 14.1. The summed E-state index contributed by atoms with van der Waals surface area (Å²) in [5.74, 6) is 0.115. The Morgan fingerprint density at radius 1 is 1.19 bits per heavy atom. The average Bonchev–Trinajstić information content (AvgIpc) is 3.01. The van der Waals surface area contributed by atoms with Crippen molar-refractivity contribution in [3.63, 3.8) is 0 Å². The molecule has 2 aromatic rings. The minimum atomic E-state index is 0.115. The molecule has 3 nitrogen and oxygen atoms in total. The van der Waals surface area contributed by atoms with E-state index in [9.17, 15) is 4.79 Å². The highest BCUT2D eigenvalue weighted by molar-refractivity contribution is 5.90. The molecule has 1 aliphatic heterocycles. The Labute approximate surface area is 125 Å². The van der Waals surface area contributed by atoms with Gasteiger partial charge in [0.25, 0.3) is 0 Å². The number of hydrogen-bond donors (Lipinski definition) is 2. The van der Waals surface area contributed by atoms with Crippen molar-refractivity contribution in [2.45, 2.75) is 31.7 Å². The zero-order chi connectivity index (χ0) is 14.5. The molecule has 1 saturated heterocycles. The number of nitrogens with one attached hydrogen (secondary N) is 2. The van der Waals surface area contributed by atoms with E-state index in [-0.39, 0.29) is 5.91 Å². The molecule has 110 valence electrons.